The van der Waals surface area contributed by atoms with Crippen LogP contribution in [0, 0.1) is 12.7 Å². The van der Waals surface area contributed by atoms with Gasteiger partial charge in [-0.2, -0.15) is 0 Å². The molecule has 2 heterocycles. The van der Waals surface area contributed by atoms with Gasteiger partial charge in [0.1, 0.15) is 11.6 Å². The highest BCUT2D eigenvalue weighted by Gasteiger charge is 2.17. The van der Waals surface area contributed by atoms with Gasteiger partial charge in [-0.1, -0.05) is 18.2 Å². The van der Waals surface area contributed by atoms with E-state index < -0.39 is 0 Å². The number of nitrogens with zero attached hydrogens (tertiary/aromatic N) is 2. The van der Waals surface area contributed by atoms with Gasteiger partial charge >= 0.3 is 0 Å². The van der Waals surface area contributed by atoms with Crippen LogP contribution in [0.3, 0.4) is 0 Å². The van der Waals surface area contributed by atoms with Crippen molar-refractivity contribution in [2.75, 3.05) is 0 Å². The van der Waals surface area contributed by atoms with Crippen LogP contribution in [0.5, 0.6) is 5.75 Å². The van der Waals surface area contributed by atoms with Gasteiger partial charge in [0.05, 0.1) is 23.1 Å². The van der Waals surface area contributed by atoms with Gasteiger partial charge in [0.15, 0.2) is 0 Å². The van der Waals surface area contributed by atoms with E-state index in [1.807, 2.05) is 41.0 Å². The Morgan fingerprint density at radius 1 is 1.04 bits per heavy atom. The summed E-state index contributed by atoms with van der Waals surface area (Å²) in [6.07, 6.45) is 2.15. The Kier molecular flexibility index (Phi) is 3.73. The molecular formula is C21H16FN2O. The van der Waals surface area contributed by atoms with Crippen LogP contribution >= 0.6 is 0 Å². The van der Waals surface area contributed by atoms with Gasteiger partial charge in [0.2, 0.25) is 0 Å². The predicted octanol–water partition coefficient (Wildman–Crippen LogP) is 4.91. The average molecular weight is 331 g/mol. The summed E-state index contributed by atoms with van der Waals surface area (Å²) in [5.41, 5.74) is 4.01. The number of hydrogen-bond donors (Lipinski definition) is 1. The standard InChI is InChI=1S/C21H16FN2O/c1-2-18-21(25)17-12-19(14-8-10-15(22)11-9-14)24(20(17)13-23-18)16-6-4-3-5-7-16/h3-13,25H,1-2H2. The second-order valence-electron chi connectivity index (χ2n) is 5.81. The normalized spacial score (nSPS) is 11.1. The fraction of sp³-hybridized carbons (Fsp3) is 0.0476. The number of aromatic nitrogens is 2. The lowest BCUT2D eigenvalue weighted by Gasteiger charge is -2.11. The van der Waals surface area contributed by atoms with Crippen LogP contribution in [0.4, 0.5) is 4.39 Å². The fourth-order valence-electron chi connectivity index (χ4n) is 3.07. The van der Waals surface area contributed by atoms with Gasteiger partial charge in [-0.25, -0.2) is 4.39 Å². The first-order valence-corrected chi connectivity index (χ1v) is 8.02. The van der Waals surface area contributed by atoms with Crippen LogP contribution in [0.2, 0.25) is 0 Å². The first-order valence-electron chi connectivity index (χ1n) is 8.02. The lowest BCUT2D eigenvalue weighted by molar-refractivity contribution is 0.472. The topological polar surface area (TPSA) is 38.0 Å². The number of pyridine rings is 1. The predicted molar refractivity (Wildman–Crippen MR) is 97.2 cm³/mol. The van der Waals surface area contributed by atoms with Crippen molar-refractivity contribution in [3.63, 3.8) is 0 Å². The molecule has 3 nitrogen and oxygen atoms in total. The molecular weight excluding hydrogens is 315 g/mol. The van der Waals surface area contributed by atoms with Crippen LogP contribution in [-0.2, 0) is 6.42 Å². The van der Waals surface area contributed by atoms with Crippen molar-refractivity contribution in [2.24, 2.45) is 0 Å². The molecule has 0 spiro atoms. The molecule has 0 atom stereocenters. The van der Waals surface area contributed by atoms with E-state index in [-0.39, 0.29) is 11.6 Å². The third kappa shape index (κ3) is 2.56. The van der Waals surface area contributed by atoms with Crippen molar-refractivity contribution in [1.82, 2.24) is 9.55 Å². The van der Waals surface area contributed by atoms with E-state index >= 15 is 0 Å². The highest BCUT2D eigenvalue weighted by Crippen LogP contribution is 2.36. The molecule has 25 heavy (non-hydrogen) atoms. The molecule has 123 valence electrons. The lowest BCUT2D eigenvalue weighted by atomic mass is 10.1. The Morgan fingerprint density at radius 2 is 1.76 bits per heavy atom. The summed E-state index contributed by atoms with van der Waals surface area (Å²) >= 11 is 0. The maximum Gasteiger partial charge on any atom is 0.146 e. The van der Waals surface area contributed by atoms with Crippen LogP contribution in [0.25, 0.3) is 27.8 Å². The van der Waals surface area contributed by atoms with Crippen LogP contribution in [0.15, 0.2) is 66.9 Å². The van der Waals surface area contributed by atoms with Crippen molar-refractivity contribution < 1.29 is 9.50 Å². The highest BCUT2D eigenvalue weighted by atomic mass is 19.1. The zero-order valence-corrected chi connectivity index (χ0v) is 13.5. The number of aromatic hydroxyl groups is 1. The highest BCUT2D eigenvalue weighted by molar-refractivity contribution is 5.93. The molecule has 0 fully saturated rings. The first-order chi connectivity index (χ1) is 12.2. The third-order valence-electron chi connectivity index (χ3n) is 4.30. The maximum atomic E-state index is 13.3. The molecule has 0 aliphatic heterocycles. The quantitative estimate of drug-likeness (QED) is 0.579. The fourth-order valence-corrected chi connectivity index (χ4v) is 3.07. The summed E-state index contributed by atoms with van der Waals surface area (Å²) in [5, 5.41) is 11.3. The maximum absolute atomic E-state index is 13.3. The summed E-state index contributed by atoms with van der Waals surface area (Å²) in [6, 6.07) is 18.1. The molecule has 4 heteroatoms. The van der Waals surface area contributed by atoms with Gasteiger partial charge in [0, 0.05) is 11.1 Å². The van der Waals surface area contributed by atoms with Gasteiger partial charge in [-0.15, -0.1) is 0 Å². The summed E-state index contributed by atoms with van der Waals surface area (Å²) in [5.74, 6) is -0.138. The molecule has 0 aliphatic carbocycles. The van der Waals surface area contributed by atoms with Crippen LogP contribution in [-0.4, -0.2) is 14.7 Å². The van der Waals surface area contributed by atoms with E-state index in [0.717, 1.165) is 22.5 Å². The van der Waals surface area contributed by atoms with Crippen molar-refractivity contribution in [1.29, 1.82) is 0 Å². The van der Waals surface area contributed by atoms with Crippen LogP contribution in [0.1, 0.15) is 5.69 Å². The minimum Gasteiger partial charge on any atom is -0.505 e. The average Bonchev–Trinajstić information content (AvgIpc) is 3.04. The number of rotatable bonds is 3. The molecule has 2 aromatic heterocycles. The lowest BCUT2D eigenvalue weighted by Crippen LogP contribution is -1.97. The summed E-state index contributed by atoms with van der Waals surface area (Å²) < 4.78 is 15.3. The van der Waals surface area contributed by atoms with Gasteiger partial charge in [-0.3, -0.25) is 4.98 Å². The SMILES string of the molecule is [CH2]Cc1ncc2c(cc(-c3ccc(F)cc3)n2-c2ccccc2)c1O. The third-order valence-corrected chi connectivity index (χ3v) is 4.30. The minimum atomic E-state index is -0.282. The van der Waals surface area contributed by atoms with E-state index in [1.165, 1.54) is 12.1 Å². The van der Waals surface area contributed by atoms with E-state index in [9.17, 15) is 9.50 Å². The Balaban J connectivity index is 2.07. The molecule has 0 amide bonds. The monoisotopic (exact) mass is 331 g/mol. The number of fused-ring (bicyclic) bond motifs is 1. The van der Waals surface area contributed by atoms with Crippen LogP contribution < -0.4 is 0 Å². The zero-order chi connectivity index (χ0) is 17.4. The Labute approximate surface area is 145 Å². The van der Waals surface area contributed by atoms with Crippen molar-refractivity contribution in [3.8, 4) is 22.7 Å². The molecule has 1 N–H and O–H groups in total. The molecule has 0 saturated carbocycles. The molecule has 0 bridgehead atoms. The summed E-state index contributed by atoms with van der Waals surface area (Å²) in [7, 11) is 0. The van der Waals surface area contributed by atoms with Crippen molar-refractivity contribution >= 4 is 10.9 Å². The van der Waals surface area contributed by atoms with E-state index in [0.29, 0.717) is 17.5 Å². The summed E-state index contributed by atoms with van der Waals surface area (Å²) in [4.78, 5) is 4.34. The first kappa shape index (κ1) is 15.4. The number of para-hydroxylation sites is 1. The molecule has 0 unspecified atom stereocenters. The Bertz CT molecular complexity index is 1040. The molecule has 1 radical (unpaired) electrons. The number of halogens is 1. The number of hydrogen-bond acceptors (Lipinski definition) is 2. The van der Waals surface area contributed by atoms with Gasteiger partial charge < -0.3 is 9.67 Å². The summed E-state index contributed by atoms with van der Waals surface area (Å²) in [6.45, 7) is 3.81. The van der Waals surface area contributed by atoms with Crippen molar-refractivity contribution in [3.05, 3.63) is 85.3 Å². The molecule has 0 aliphatic rings. The van der Waals surface area contributed by atoms with Crippen molar-refractivity contribution in [2.45, 2.75) is 6.42 Å². The van der Waals surface area contributed by atoms with E-state index in [4.69, 9.17) is 0 Å². The Hall–Kier alpha value is -3.14. The van der Waals surface area contributed by atoms with E-state index in [1.54, 1.807) is 18.3 Å². The van der Waals surface area contributed by atoms with Gasteiger partial charge in [0.25, 0.3) is 0 Å². The van der Waals surface area contributed by atoms with E-state index in [2.05, 4.69) is 11.9 Å². The molecule has 2 aromatic carbocycles. The van der Waals surface area contributed by atoms with Gasteiger partial charge in [-0.05, 0) is 61.4 Å². The molecule has 4 rings (SSSR count). The second kappa shape index (κ2) is 6.06. The number of benzene rings is 2. The Morgan fingerprint density at radius 3 is 2.44 bits per heavy atom. The smallest absolute Gasteiger partial charge is 0.146 e. The molecule has 0 saturated heterocycles. The minimum absolute atomic E-state index is 0.144. The second-order valence-corrected chi connectivity index (χ2v) is 5.81. The molecule has 4 aromatic rings. The largest absolute Gasteiger partial charge is 0.505 e. The zero-order valence-electron chi connectivity index (χ0n) is 13.5.